The summed E-state index contributed by atoms with van der Waals surface area (Å²) in [4.78, 5) is 12.2. The summed E-state index contributed by atoms with van der Waals surface area (Å²) in [7, 11) is 0.589. The van der Waals surface area contributed by atoms with Crippen LogP contribution in [0.1, 0.15) is 30.1 Å². The fraction of sp³-hybridized carbons (Fsp3) is 0.350. The summed E-state index contributed by atoms with van der Waals surface area (Å²) in [5.41, 5.74) is 0.927. The lowest BCUT2D eigenvalue weighted by atomic mass is 10.2. The van der Waals surface area contributed by atoms with Crippen molar-refractivity contribution >= 4 is 21.6 Å². The van der Waals surface area contributed by atoms with Crippen LogP contribution in [0.15, 0.2) is 47.4 Å². The first-order chi connectivity index (χ1) is 13.3. The minimum Gasteiger partial charge on any atom is -0.493 e. The van der Waals surface area contributed by atoms with E-state index in [4.69, 9.17) is 9.47 Å². The maximum Gasteiger partial charge on any atom is 0.264 e. The quantitative estimate of drug-likeness (QED) is 0.647. The molecule has 2 aromatic carbocycles. The number of nitrogens with zero attached hydrogens (tertiary/aromatic N) is 1. The van der Waals surface area contributed by atoms with Gasteiger partial charge in [-0.2, -0.15) is 0 Å². The molecule has 0 aromatic heterocycles. The van der Waals surface area contributed by atoms with Gasteiger partial charge in [0.05, 0.1) is 24.8 Å². The van der Waals surface area contributed by atoms with Crippen molar-refractivity contribution in [3.63, 3.8) is 0 Å². The van der Waals surface area contributed by atoms with Crippen molar-refractivity contribution < 1.29 is 22.7 Å². The Morgan fingerprint density at radius 2 is 1.68 bits per heavy atom. The largest absolute Gasteiger partial charge is 0.493 e. The van der Waals surface area contributed by atoms with E-state index in [1.807, 2.05) is 0 Å². The molecule has 0 spiro atoms. The summed E-state index contributed by atoms with van der Waals surface area (Å²) in [6.45, 7) is 2.67. The van der Waals surface area contributed by atoms with Gasteiger partial charge in [0, 0.05) is 25.2 Å². The Balaban J connectivity index is 2.22. The first kappa shape index (κ1) is 21.6. The van der Waals surface area contributed by atoms with Crippen molar-refractivity contribution in [2.75, 3.05) is 32.1 Å². The summed E-state index contributed by atoms with van der Waals surface area (Å²) in [5, 5.41) is 2.83. The molecule has 0 saturated carbocycles. The van der Waals surface area contributed by atoms with Crippen LogP contribution in [-0.2, 0) is 10.0 Å². The number of carbonyl (C=O) groups is 1. The minimum absolute atomic E-state index is 0.0778. The Kier molecular flexibility index (Phi) is 7.28. The molecular weight excluding hydrogens is 380 g/mol. The third kappa shape index (κ3) is 4.75. The highest BCUT2D eigenvalue weighted by molar-refractivity contribution is 7.92. The van der Waals surface area contributed by atoms with E-state index >= 15 is 0 Å². The first-order valence-electron chi connectivity index (χ1n) is 8.94. The van der Waals surface area contributed by atoms with Gasteiger partial charge in [0.15, 0.2) is 11.5 Å². The lowest BCUT2D eigenvalue weighted by Gasteiger charge is -2.20. The van der Waals surface area contributed by atoms with E-state index in [1.54, 1.807) is 30.3 Å². The Labute approximate surface area is 166 Å². The van der Waals surface area contributed by atoms with Crippen LogP contribution in [0.2, 0.25) is 0 Å². The highest BCUT2D eigenvalue weighted by Gasteiger charge is 2.23. The zero-order valence-corrected chi connectivity index (χ0v) is 17.4. The molecule has 152 valence electrons. The summed E-state index contributed by atoms with van der Waals surface area (Å²) in [5.74, 6) is 0.601. The lowest BCUT2D eigenvalue weighted by Crippen LogP contribution is -2.27. The number of ether oxygens (including phenoxy) is 2. The van der Waals surface area contributed by atoms with Crippen LogP contribution < -0.4 is 19.1 Å². The number of sulfonamides is 1. The Morgan fingerprint density at radius 3 is 2.25 bits per heavy atom. The lowest BCUT2D eigenvalue weighted by molar-refractivity contribution is 0.0953. The van der Waals surface area contributed by atoms with Gasteiger partial charge >= 0.3 is 0 Å². The van der Waals surface area contributed by atoms with Crippen LogP contribution in [0.25, 0.3) is 0 Å². The second-order valence-corrected chi connectivity index (χ2v) is 8.11. The highest BCUT2D eigenvalue weighted by Crippen LogP contribution is 2.31. The molecule has 8 heteroatoms. The molecule has 0 atom stereocenters. The van der Waals surface area contributed by atoms with Gasteiger partial charge in [0.25, 0.3) is 15.9 Å². The first-order valence-corrected chi connectivity index (χ1v) is 10.4. The molecule has 1 N–H and O–H groups in total. The normalized spacial score (nSPS) is 11.0. The fourth-order valence-corrected chi connectivity index (χ4v) is 3.79. The molecule has 0 unspecified atom stereocenters. The zero-order chi connectivity index (χ0) is 20.7. The standard InChI is InChI=1S/C20H26N2O5S/c1-5-6-13-21-20(23)15-7-9-16(10-8-15)22(2)28(24,25)17-11-12-18(26-3)19(14-17)27-4/h7-12,14H,5-6,13H2,1-4H3,(H,21,23). The zero-order valence-electron chi connectivity index (χ0n) is 16.6. The number of rotatable bonds is 9. The Morgan fingerprint density at radius 1 is 1.04 bits per heavy atom. The Hall–Kier alpha value is -2.74. The summed E-state index contributed by atoms with van der Waals surface area (Å²) >= 11 is 0. The number of carbonyl (C=O) groups excluding carboxylic acids is 1. The fourth-order valence-electron chi connectivity index (χ4n) is 2.58. The Bertz CT molecular complexity index is 911. The van der Waals surface area contributed by atoms with Crippen LogP contribution in [-0.4, -0.2) is 42.1 Å². The van der Waals surface area contributed by atoms with E-state index in [9.17, 15) is 13.2 Å². The van der Waals surface area contributed by atoms with Crippen molar-refractivity contribution in [2.45, 2.75) is 24.7 Å². The van der Waals surface area contributed by atoms with Gasteiger partial charge < -0.3 is 14.8 Å². The van der Waals surface area contributed by atoms with E-state index in [2.05, 4.69) is 12.2 Å². The van der Waals surface area contributed by atoms with Crippen LogP contribution in [0.3, 0.4) is 0 Å². The van der Waals surface area contributed by atoms with Crippen molar-refractivity contribution in [3.05, 3.63) is 48.0 Å². The van der Waals surface area contributed by atoms with Crippen LogP contribution in [0.4, 0.5) is 5.69 Å². The molecule has 0 bridgehead atoms. The minimum atomic E-state index is -3.80. The molecule has 7 nitrogen and oxygen atoms in total. The molecule has 2 rings (SSSR count). The number of methoxy groups -OCH3 is 2. The van der Waals surface area contributed by atoms with E-state index in [0.29, 0.717) is 29.3 Å². The van der Waals surface area contributed by atoms with Gasteiger partial charge in [-0.3, -0.25) is 9.10 Å². The summed E-state index contributed by atoms with van der Waals surface area (Å²) < 4.78 is 37.4. The van der Waals surface area contributed by atoms with E-state index in [-0.39, 0.29) is 10.8 Å². The van der Waals surface area contributed by atoms with Gasteiger partial charge in [0.1, 0.15) is 0 Å². The molecule has 0 radical (unpaired) electrons. The van der Waals surface area contributed by atoms with Gasteiger partial charge in [-0.25, -0.2) is 8.42 Å². The molecule has 0 aliphatic carbocycles. The SMILES string of the molecule is CCCCNC(=O)c1ccc(N(C)S(=O)(=O)c2ccc(OC)c(OC)c2)cc1. The third-order valence-corrected chi connectivity index (χ3v) is 6.10. The van der Waals surface area contributed by atoms with Gasteiger partial charge in [0.2, 0.25) is 0 Å². The molecule has 0 aliphatic heterocycles. The van der Waals surface area contributed by atoms with Gasteiger partial charge in [-0.05, 0) is 42.8 Å². The predicted octanol–water partition coefficient (Wildman–Crippen LogP) is 3.06. The smallest absolute Gasteiger partial charge is 0.264 e. The second kappa shape index (κ2) is 9.45. The number of amides is 1. The second-order valence-electron chi connectivity index (χ2n) is 6.15. The monoisotopic (exact) mass is 406 g/mol. The molecular formula is C20H26N2O5S. The van der Waals surface area contributed by atoms with E-state index in [1.165, 1.54) is 33.4 Å². The van der Waals surface area contributed by atoms with Crippen LogP contribution in [0.5, 0.6) is 11.5 Å². The maximum atomic E-state index is 12.9. The average Bonchev–Trinajstić information content (AvgIpc) is 2.72. The number of hydrogen-bond donors (Lipinski definition) is 1. The number of unbranched alkanes of at least 4 members (excludes halogenated alkanes) is 1. The van der Waals surface area contributed by atoms with Crippen molar-refractivity contribution in [2.24, 2.45) is 0 Å². The van der Waals surface area contributed by atoms with Crippen molar-refractivity contribution in [1.82, 2.24) is 5.32 Å². The van der Waals surface area contributed by atoms with Crippen molar-refractivity contribution in [3.8, 4) is 11.5 Å². The summed E-state index contributed by atoms with van der Waals surface area (Å²) in [6, 6.07) is 10.8. The molecule has 0 fully saturated rings. The maximum absolute atomic E-state index is 12.9. The topological polar surface area (TPSA) is 84.9 Å². The van der Waals surface area contributed by atoms with Gasteiger partial charge in [-0.15, -0.1) is 0 Å². The molecule has 0 heterocycles. The molecule has 0 saturated heterocycles. The highest BCUT2D eigenvalue weighted by atomic mass is 32.2. The molecule has 0 aliphatic rings. The third-order valence-electron chi connectivity index (χ3n) is 4.32. The average molecular weight is 407 g/mol. The summed E-state index contributed by atoms with van der Waals surface area (Å²) in [6.07, 6.45) is 1.91. The number of benzene rings is 2. The van der Waals surface area contributed by atoms with E-state index < -0.39 is 10.0 Å². The van der Waals surface area contributed by atoms with Gasteiger partial charge in [-0.1, -0.05) is 13.3 Å². The number of nitrogens with one attached hydrogen (secondary N) is 1. The van der Waals surface area contributed by atoms with Crippen LogP contribution in [0, 0.1) is 0 Å². The predicted molar refractivity (Wildman–Crippen MR) is 109 cm³/mol. The van der Waals surface area contributed by atoms with Crippen LogP contribution >= 0.6 is 0 Å². The molecule has 28 heavy (non-hydrogen) atoms. The number of anilines is 1. The van der Waals surface area contributed by atoms with Crippen molar-refractivity contribution in [1.29, 1.82) is 0 Å². The number of hydrogen-bond acceptors (Lipinski definition) is 5. The van der Waals surface area contributed by atoms with E-state index in [0.717, 1.165) is 17.1 Å². The molecule has 1 amide bonds. The molecule has 2 aromatic rings.